The Hall–Kier alpha value is -2.57. The number of aromatic nitrogens is 3. The molecule has 6 nitrogen and oxygen atoms in total. The molecule has 3 atom stereocenters. The van der Waals surface area contributed by atoms with Crippen molar-refractivity contribution in [1.29, 1.82) is 0 Å². The summed E-state index contributed by atoms with van der Waals surface area (Å²) >= 11 is 5.96. The van der Waals surface area contributed by atoms with Crippen molar-refractivity contribution in [2.75, 3.05) is 0 Å². The molecule has 4 rings (SSSR count). The third-order valence-electron chi connectivity index (χ3n) is 4.42. The van der Waals surface area contributed by atoms with Crippen molar-refractivity contribution in [3.63, 3.8) is 0 Å². The highest BCUT2D eigenvalue weighted by Crippen LogP contribution is 2.36. The molecule has 0 saturated heterocycles. The number of halogens is 1. The van der Waals surface area contributed by atoms with E-state index in [0.29, 0.717) is 16.3 Å². The largest absolute Gasteiger partial charge is 0.487 e. The molecule has 1 aliphatic rings. The van der Waals surface area contributed by atoms with Crippen LogP contribution in [-0.4, -0.2) is 31.7 Å². The molecule has 0 aliphatic carbocycles. The molecule has 0 radical (unpaired) electrons. The molecule has 0 bridgehead atoms. The van der Waals surface area contributed by atoms with Gasteiger partial charge in [-0.1, -0.05) is 11.6 Å². The molecule has 1 aliphatic heterocycles. The van der Waals surface area contributed by atoms with Crippen LogP contribution in [0.3, 0.4) is 0 Å². The second kappa shape index (κ2) is 6.06. The molecular weight excluding hydrogens is 342 g/mol. The maximum absolute atomic E-state index is 12.6. The van der Waals surface area contributed by atoms with Crippen molar-refractivity contribution in [3.8, 4) is 11.4 Å². The Morgan fingerprint density at radius 3 is 2.72 bits per heavy atom. The molecule has 1 unspecified atom stereocenters. The Balaban J connectivity index is 1.92. The van der Waals surface area contributed by atoms with Gasteiger partial charge in [0.05, 0.1) is 5.69 Å². The van der Waals surface area contributed by atoms with Crippen LogP contribution in [0.2, 0.25) is 5.02 Å². The van der Waals surface area contributed by atoms with Crippen LogP contribution in [0.25, 0.3) is 5.69 Å². The van der Waals surface area contributed by atoms with E-state index in [1.165, 1.54) is 10.7 Å². The molecule has 3 heterocycles. The minimum absolute atomic E-state index is 0.220. The van der Waals surface area contributed by atoms with Gasteiger partial charge in [0.15, 0.2) is 0 Å². The van der Waals surface area contributed by atoms with Crippen molar-refractivity contribution in [2.24, 2.45) is 0 Å². The van der Waals surface area contributed by atoms with Crippen LogP contribution in [0.1, 0.15) is 18.5 Å². The van der Waals surface area contributed by atoms with Crippen LogP contribution >= 0.6 is 11.6 Å². The highest BCUT2D eigenvalue weighted by molar-refractivity contribution is 6.30. The van der Waals surface area contributed by atoms with E-state index in [4.69, 9.17) is 16.3 Å². The lowest BCUT2D eigenvalue weighted by Crippen LogP contribution is -2.45. The first-order valence-corrected chi connectivity index (χ1v) is 8.29. The lowest BCUT2D eigenvalue weighted by molar-refractivity contribution is -0.00193. The van der Waals surface area contributed by atoms with Crippen molar-refractivity contribution in [3.05, 3.63) is 75.9 Å². The number of aliphatic hydroxyl groups is 1. The number of fused-ring (bicyclic) bond motifs is 1. The van der Waals surface area contributed by atoms with Crippen molar-refractivity contribution in [1.82, 2.24) is 14.3 Å². The molecule has 128 valence electrons. The fourth-order valence-corrected chi connectivity index (χ4v) is 3.30. The van der Waals surface area contributed by atoms with Gasteiger partial charge in [-0.05, 0) is 37.3 Å². The first-order chi connectivity index (χ1) is 12.1. The van der Waals surface area contributed by atoms with Crippen LogP contribution in [0.15, 0.2) is 59.8 Å². The maximum Gasteiger partial charge on any atom is 0.267 e. The smallest absolute Gasteiger partial charge is 0.267 e. The van der Waals surface area contributed by atoms with E-state index in [-0.39, 0.29) is 5.56 Å². The number of pyridine rings is 1. The lowest BCUT2D eigenvalue weighted by atomic mass is 9.96. The van der Waals surface area contributed by atoms with Crippen molar-refractivity contribution < 1.29 is 9.84 Å². The Morgan fingerprint density at radius 1 is 1.20 bits per heavy atom. The van der Waals surface area contributed by atoms with Gasteiger partial charge in [-0.15, -0.1) is 0 Å². The molecule has 25 heavy (non-hydrogen) atoms. The zero-order valence-electron chi connectivity index (χ0n) is 13.4. The molecule has 7 heteroatoms. The van der Waals surface area contributed by atoms with Crippen LogP contribution in [-0.2, 0) is 0 Å². The Bertz CT molecular complexity index is 964. The first kappa shape index (κ1) is 15.9. The van der Waals surface area contributed by atoms with Gasteiger partial charge in [0, 0.05) is 35.2 Å². The van der Waals surface area contributed by atoms with Gasteiger partial charge >= 0.3 is 0 Å². The number of aliphatic hydroxyl groups excluding tert-OH is 1. The van der Waals surface area contributed by atoms with Crippen molar-refractivity contribution in [2.45, 2.75) is 25.2 Å². The number of hydrogen-bond acceptors (Lipinski definition) is 4. The molecule has 0 fully saturated rings. The van der Waals surface area contributed by atoms with Crippen LogP contribution in [0.4, 0.5) is 0 Å². The van der Waals surface area contributed by atoms with Gasteiger partial charge < -0.3 is 9.84 Å². The van der Waals surface area contributed by atoms with Gasteiger partial charge in [0.2, 0.25) is 0 Å². The molecule has 1 N–H and O–H groups in total. The summed E-state index contributed by atoms with van der Waals surface area (Å²) in [5.74, 6) is 0.619. The fraction of sp³-hybridized carbons (Fsp3) is 0.222. The standard InChI is InChI=1S/C18H16ClN3O3/c1-11-18(24)17(14-10-20-8-6-15(14)25-11)22-16(23)7-9-21(22)13-4-2-12(19)3-5-13/h2-11,17-18,24H,1H3/t11?,17-,18-/m1/s1. The minimum Gasteiger partial charge on any atom is -0.487 e. The Kier molecular flexibility index (Phi) is 3.86. The number of benzene rings is 1. The van der Waals surface area contributed by atoms with Gasteiger partial charge in [0.25, 0.3) is 5.56 Å². The summed E-state index contributed by atoms with van der Waals surface area (Å²) < 4.78 is 8.97. The summed E-state index contributed by atoms with van der Waals surface area (Å²) in [4.78, 5) is 16.7. The highest BCUT2D eigenvalue weighted by Gasteiger charge is 2.38. The van der Waals surface area contributed by atoms with Crippen LogP contribution in [0, 0.1) is 0 Å². The van der Waals surface area contributed by atoms with E-state index in [0.717, 1.165) is 5.69 Å². The maximum atomic E-state index is 12.6. The topological polar surface area (TPSA) is 69.3 Å². The van der Waals surface area contributed by atoms with Gasteiger partial charge in [-0.3, -0.25) is 14.5 Å². The average Bonchev–Trinajstić information content (AvgIpc) is 2.98. The zero-order chi connectivity index (χ0) is 17.6. The van der Waals surface area contributed by atoms with Crippen molar-refractivity contribution >= 4 is 11.6 Å². The van der Waals surface area contributed by atoms with E-state index in [2.05, 4.69) is 4.98 Å². The van der Waals surface area contributed by atoms with Gasteiger partial charge in [-0.25, -0.2) is 4.68 Å². The van der Waals surface area contributed by atoms with E-state index in [1.54, 1.807) is 48.4 Å². The average molecular weight is 358 g/mol. The summed E-state index contributed by atoms with van der Waals surface area (Å²) in [5.41, 5.74) is 1.22. The molecule has 0 saturated carbocycles. The number of ether oxygens (including phenoxy) is 1. The molecule has 3 aromatic rings. The predicted molar refractivity (Wildman–Crippen MR) is 93.5 cm³/mol. The first-order valence-electron chi connectivity index (χ1n) is 7.91. The third kappa shape index (κ3) is 2.63. The number of hydrogen-bond donors (Lipinski definition) is 1. The summed E-state index contributed by atoms with van der Waals surface area (Å²) in [7, 11) is 0. The van der Waals surface area contributed by atoms with E-state index >= 15 is 0 Å². The minimum atomic E-state index is -0.893. The van der Waals surface area contributed by atoms with Gasteiger partial charge in [0.1, 0.15) is 24.0 Å². The van der Waals surface area contributed by atoms with Crippen LogP contribution < -0.4 is 10.3 Å². The number of rotatable bonds is 2. The normalized spacial score (nSPS) is 22.3. The summed E-state index contributed by atoms with van der Waals surface area (Å²) in [5, 5.41) is 11.4. The SMILES string of the molecule is CC1Oc2ccncc2[C@@H](n2c(=O)ccn2-c2ccc(Cl)cc2)[C@@H]1O. The molecule has 2 aromatic heterocycles. The molecule has 0 spiro atoms. The quantitative estimate of drug-likeness (QED) is 0.764. The zero-order valence-corrected chi connectivity index (χ0v) is 14.2. The van der Waals surface area contributed by atoms with E-state index in [9.17, 15) is 9.90 Å². The Morgan fingerprint density at radius 2 is 1.96 bits per heavy atom. The second-order valence-corrected chi connectivity index (χ2v) is 6.43. The molecular formula is C18H16ClN3O3. The third-order valence-corrected chi connectivity index (χ3v) is 4.67. The Labute approximate surface area is 148 Å². The van der Waals surface area contributed by atoms with Gasteiger partial charge in [-0.2, -0.15) is 0 Å². The summed E-state index contributed by atoms with van der Waals surface area (Å²) in [6, 6.07) is 9.75. The van der Waals surface area contributed by atoms with Crippen LogP contribution in [0.5, 0.6) is 5.75 Å². The monoisotopic (exact) mass is 357 g/mol. The van der Waals surface area contributed by atoms with E-state index in [1.807, 2.05) is 12.1 Å². The lowest BCUT2D eigenvalue weighted by Gasteiger charge is -2.36. The molecule has 0 amide bonds. The summed E-state index contributed by atoms with van der Waals surface area (Å²) in [6.07, 6.45) is 3.58. The highest BCUT2D eigenvalue weighted by atomic mass is 35.5. The second-order valence-electron chi connectivity index (χ2n) is 5.99. The predicted octanol–water partition coefficient (Wildman–Crippen LogP) is 2.42. The number of nitrogens with zero attached hydrogens (tertiary/aromatic N) is 3. The summed E-state index contributed by atoms with van der Waals surface area (Å²) in [6.45, 7) is 1.78. The molecule has 1 aromatic carbocycles. The van der Waals surface area contributed by atoms with E-state index < -0.39 is 18.2 Å². The fourth-order valence-electron chi connectivity index (χ4n) is 3.17.